The highest BCUT2D eigenvalue weighted by Gasteiger charge is 2.57. The van der Waals surface area contributed by atoms with Gasteiger partial charge in [0.2, 0.25) is 0 Å². The van der Waals surface area contributed by atoms with Crippen LogP contribution in [0.1, 0.15) is 44.9 Å². The summed E-state index contributed by atoms with van der Waals surface area (Å²) in [7, 11) is 0. The lowest BCUT2D eigenvalue weighted by molar-refractivity contribution is -0.145. The molecule has 1 fully saturated rings. The van der Waals surface area contributed by atoms with Crippen molar-refractivity contribution in [1.82, 2.24) is 9.97 Å². The van der Waals surface area contributed by atoms with E-state index in [2.05, 4.69) is 16.9 Å². The smallest absolute Gasteiger partial charge is 0.309 e. The lowest BCUT2D eigenvalue weighted by atomic mass is 9.49. The van der Waals surface area contributed by atoms with Gasteiger partial charge in [0.15, 0.2) is 0 Å². The van der Waals surface area contributed by atoms with Crippen LogP contribution in [0.5, 0.6) is 0 Å². The number of aldehydes is 1. The Hall–Kier alpha value is -1.78. The summed E-state index contributed by atoms with van der Waals surface area (Å²) in [5.74, 6) is -0.442. The molecule has 0 amide bonds. The molecule has 1 N–H and O–H groups in total. The van der Waals surface area contributed by atoms with E-state index in [1.165, 1.54) is 0 Å². The average molecular weight is 288 g/mol. The van der Waals surface area contributed by atoms with E-state index >= 15 is 0 Å². The molecular weight excluding hydrogens is 268 g/mol. The van der Waals surface area contributed by atoms with Crippen LogP contribution in [-0.2, 0) is 21.4 Å². The van der Waals surface area contributed by atoms with Gasteiger partial charge in [-0.3, -0.25) is 4.79 Å². The zero-order valence-electron chi connectivity index (χ0n) is 12.6. The Morgan fingerprint density at radius 3 is 2.71 bits per heavy atom. The van der Waals surface area contributed by atoms with E-state index in [0.717, 1.165) is 30.4 Å². The fourth-order valence-corrected chi connectivity index (χ4v) is 4.62. The molecule has 1 saturated carbocycles. The average Bonchev–Trinajstić information content (AvgIpc) is 2.43. The van der Waals surface area contributed by atoms with Crippen molar-refractivity contribution in [1.29, 1.82) is 0 Å². The Labute approximate surface area is 123 Å². The first kappa shape index (κ1) is 14.2. The molecule has 2 aliphatic rings. The van der Waals surface area contributed by atoms with Crippen molar-refractivity contribution in [2.75, 3.05) is 0 Å². The summed E-state index contributed by atoms with van der Waals surface area (Å²) in [6.45, 7) is 5.92. The van der Waals surface area contributed by atoms with Gasteiger partial charge in [0.25, 0.3) is 0 Å². The predicted octanol–water partition coefficient (Wildman–Crippen LogP) is 1.40. The van der Waals surface area contributed by atoms with Gasteiger partial charge in [0, 0.05) is 22.7 Å². The summed E-state index contributed by atoms with van der Waals surface area (Å²) in [5, 5.41) is 0. The minimum atomic E-state index is -0.594. The number of Topliss-reactive ketones (excluding diaryl/α,β-unsaturated/α-hetero) is 1. The molecule has 1 heterocycles. The van der Waals surface area contributed by atoms with Crippen LogP contribution in [0.3, 0.4) is 0 Å². The number of hydrogen-bond acceptors (Lipinski definition) is 4. The number of rotatable bonds is 1. The van der Waals surface area contributed by atoms with Gasteiger partial charge in [-0.25, -0.2) is 9.78 Å². The number of nitrogens with one attached hydrogen (secondary N) is 1. The molecule has 0 spiro atoms. The summed E-state index contributed by atoms with van der Waals surface area (Å²) in [4.78, 5) is 42.2. The SMILES string of the molecule is CC1(C)C(=O)C(C=O)C[C@]2(C)c3[nH]c(=O)ncc3CC[C@@H]12. The fourth-order valence-electron chi connectivity index (χ4n) is 4.62. The van der Waals surface area contributed by atoms with Crippen molar-refractivity contribution in [3.63, 3.8) is 0 Å². The quantitative estimate of drug-likeness (QED) is 0.626. The maximum absolute atomic E-state index is 12.5. The summed E-state index contributed by atoms with van der Waals surface area (Å²) >= 11 is 0. The summed E-state index contributed by atoms with van der Waals surface area (Å²) in [6, 6.07) is 0. The van der Waals surface area contributed by atoms with E-state index in [1.807, 2.05) is 13.8 Å². The van der Waals surface area contributed by atoms with Gasteiger partial charge >= 0.3 is 5.69 Å². The summed E-state index contributed by atoms with van der Waals surface area (Å²) < 4.78 is 0. The zero-order valence-corrected chi connectivity index (χ0v) is 12.6. The number of aryl methyl sites for hydroxylation is 1. The van der Waals surface area contributed by atoms with Crippen molar-refractivity contribution in [3.05, 3.63) is 27.9 Å². The lowest BCUT2D eigenvalue weighted by Gasteiger charge is -2.54. The fraction of sp³-hybridized carbons (Fsp3) is 0.625. The van der Waals surface area contributed by atoms with E-state index in [1.54, 1.807) is 6.20 Å². The standard InChI is InChI=1S/C16H20N2O3/c1-15(2)11-5-4-9-7-17-14(21)18-12(9)16(11,3)6-10(8-19)13(15)20/h7-8,10-11H,4-6H2,1-3H3,(H,17,18,21)/t10?,11-,16-/m0/s1. The molecule has 0 radical (unpaired) electrons. The molecule has 1 aromatic rings. The Morgan fingerprint density at radius 2 is 2.05 bits per heavy atom. The first-order valence-corrected chi connectivity index (χ1v) is 7.39. The van der Waals surface area contributed by atoms with Gasteiger partial charge in [-0.15, -0.1) is 0 Å². The van der Waals surface area contributed by atoms with Crippen LogP contribution in [0.25, 0.3) is 0 Å². The highest BCUT2D eigenvalue weighted by Crippen LogP contribution is 2.55. The molecule has 3 atom stereocenters. The molecule has 0 saturated heterocycles. The van der Waals surface area contributed by atoms with Crippen LogP contribution < -0.4 is 5.69 Å². The number of aromatic amines is 1. The number of H-pyrrole nitrogens is 1. The number of aromatic nitrogens is 2. The molecule has 2 aliphatic carbocycles. The number of ketones is 1. The second-order valence-corrected chi connectivity index (χ2v) is 7.13. The van der Waals surface area contributed by atoms with E-state index in [9.17, 15) is 14.4 Å². The molecule has 3 rings (SSSR count). The Balaban J connectivity index is 2.20. The Morgan fingerprint density at radius 1 is 1.33 bits per heavy atom. The zero-order chi connectivity index (χ0) is 15.4. The molecule has 21 heavy (non-hydrogen) atoms. The van der Waals surface area contributed by atoms with Crippen molar-refractivity contribution in [2.24, 2.45) is 17.3 Å². The number of nitrogens with zero attached hydrogens (tertiary/aromatic N) is 1. The van der Waals surface area contributed by atoms with Crippen LogP contribution in [0.2, 0.25) is 0 Å². The first-order valence-electron chi connectivity index (χ1n) is 7.39. The minimum absolute atomic E-state index is 0.0276. The largest absolute Gasteiger partial charge is 0.345 e. The summed E-state index contributed by atoms with van der Waals surface area (Å²) in [6.07, 6.45) is 4.55. The van der Waals surface area contributed by atoms with Crippen molar-refractivity contribution in [3.8, 4) is 0 Å². The van der Waals surface area contributed by atoms with E-state index in [-0.39, 0.29) is 22.8 Å². The minimum Gasteiger partial charge on any atom is -0.309 e. The molecule has 1 unspecified atom stereocenters. The van der Waals surface area contributed by atoms with E-state index in [0.29, 0.717) is 6.42 Å². The Bertz CT molecular complexity index is 676. The molecule has 1 aromatic heterocycles. The normalized spacial score (nSPS) is 34.0. The molecule has 0 bridgehead atoms. The molecular formula is C16H20N2O3. The van der Waals surface area contributed by atoms with Crippen LogP contribution >= 0.6 is 0 Å². The molecule has 0 aliphatic heterocycles. The van der Waals surface area contributed by atoms with E-state index in [4.69, 9.17) is 0 Å². The van der Waals surface area contributed by atoms with E-state index < -0.39 is 11.3 Å². The predicted molar refractivity (Wildman–Crippen MR) is 77.0 cm³/mol. The number of fused-ring (bicyclic) bond motifs is 3. The Kier molecular flexibility index (Phi) is 2.94. The van der Waals surface area contributed by atoms with Gasteiger partial charge in [-0.05, 0) is 30.7 Å². The van der Waals surface area contributed by atoms with Gasteiger partial charge in [-0.1, -0.05) is 20.8 Å². The number of carbonyl (C=O) groups is 2. The van der Waals surface area contributed by atoms with Gasteiger partial charge < -0.3 is 9.78 Å². The van der Waals surface area contributed by atoms with Crippen LogP contribution in [0, 0.1) is 17.3 Å². The van der Waals surface area contributed by atoms with Gasteiger partial charge in [-0.2, -0.15) is 0 Å². The third-order valence-electron chi connectivity index (χ3n) is 5.58. The van der Waals surface area contributed by atoms with Gasteiger partial charge in [0.1, 0.15) is 12.1 Å². The lowest BCUT2D eigenvalue weighted by Crippen LogP contribution is -2.56. The first-order chi connectivity index (χ1) is 9.80. The third kappa shape index (κ3) is 1.83. The maximum atomic E-state index is 12.5. The second kappa shape index (κ2) is 4.36. The summed E-state index contributed by atoms with van der Waals surface area (Å²) in [5.41, 5.74) is 0.608. The topological polar surface area (TPSA) is 79.9 Å². The van der Waals surface area contributed by atoms with Crippen LogP contribution in [-0.4, -0.2) is 22.0 Å². The number of hydrogen-bond donors (Lipinski definition) is 1. The molecule has 0 aromatic carbocycles. The highest BCUT2D eigenvalue weighted by atomic mass is 16.1. The van der Waals surface area contributed by atoms with Crippen LogP contribution in [0.4, 0.5) is 0 Å². The van der Waals surface area contributed by atoms with Crippen molar-refractivity contribution >= 4 is 12.1 Å². The van der Waals surface area contributed by atoms with Crippen molar-refractivity contribution in [2.45, 2.75) is 45.4 Å². The van der Waals surface area contributed by atoms with Crippen LogP contribution in [0.15, 0.2) is 11.0 Å². The second-order valence-electron chi connectivity index (χ2n) is 7.13. The molecule has 112 valence electrons. The van der Waals surface area contributed by atoms with Crippen molar-refractivity contribution < 1.29 is 9.59 Å². The highest BCUT2D eigenvalue weighted by molar-refractivity contribution is 5.98. The van der Waals surface area contributed by atoms with Gasteiger partial charge in [0.05, 0.1) is 5.92 Å². The molecule has 5 nitrogen and oxygen atoms in total. The molecule has 5 heteroatoms. The number of carbonyl (C=O) groups excluding carboxylic acids is 2. The third-order valence-corrected chi connectivity index (χ3v) is 5.58. The maximum Gasteiger partial charge on any atom is 0.345 e. The monoisotopic (exact) mass is 288 g/mol.